The molecule has 4 rings (SSSR count). The molecule has 0 N–H and O–H groups in total. The van der Waals surface area contributed by atoms with Gasteiger partial charge in [0.25, 0.3) is 0 Å². The van der Waals surface area contributed by atoms with Gasteiger partial charge < -0.3 is 9.42 Å². The van der Waals surface area contributed by atoms with E-state index in [-0.39, 0.29) is 16.8 Å². The Bertz CT molecular complexity index is 971. The molecule has 26 heavy (non-hydrogen) atoms. The molecular weight excluding hydrogens is 357 g/mol. The number of carbonyl (C=O) groups excluding carboxylic acids is 1. The molecule has 0 radical (unpaired) electrons. The van der Waals surface area contributed by atoms with Crippen molar-refractivity contribution in [2.75, 3.05) is 11.4 Å². The number of rotatable bonds is 3. The molecule has 1 fully saturated rings. The van der Waals surface area contributed by atoms with E-state index in [0.29, 0.717) is 30.2 Å². The fourth-order valence-electron chi connectivity index (χ4n) is 3.00. The fourth-order valence-corrected chi connectivity index (χ4v) is 3.18. The molecular formula is C19H15ClFN3O2. The second kappa shape index (κ2) is 6.53. The van der Waals surface area contributed by atoms with Crippen LogP contribution in [0.3, 0.4) is 0 Å². The van der Waals surface area contributed by atoms with E-state index in [4.69, 9.17) is 16.1 Å². The highest BCUT2D eigenvalue weighted by Gasteiger charge is 2.35. The van der Waals surface area contributed by atoms with Crippen LogP contribution in [0.2, 0.25) is 5.02 Å². The number of aryl methyl sites for hydroxylation is 1. The SMILES string of the molecule is Cc1ccc(N2CC(c3nc(-c4ccc(F)c(Cl)c4)no3)CC2=O)cc1. The summed E-state index contributed by atoms with van der Waals surface area (Å²) in [5.74, 6) is 0.0465. The van der Waals surface area contributed by atoms with Crippen molar-refractivity contribution in [3.05, 3.63) is 64.8 Å². The van der Waals surface area contributed by atoms with Crippen molar-refractivity contribution in [3.8, 4) is 11.4 Å². The van der Waals surface area contributed by atoms with Gasteiger partial charge in [-0.05, 0) is 37.3 Å². The number of hydrogen-bond donors (Lipinski definition) is 0. The summed E-state index contributed by atoms with van der Waals surface area (Å²) >= 11 is 5.80. The molecule has 0 spiro atoms. The van der Waals surface area contributed by atoms with Gasteiger partial charge in [0.1, 0.15) is 5.82 Å². The number of aromatic nitrogens is 2. The van der Waals surface area contributed by atoms with E-state index in [1.807, 2.05) is 31.2 Å². The van der Waals surface area contributed by atoms with Crippen molar-refractivity contribution < 1.29 is 13.7 Å². The number of halogens is 2. The summed E-state index contributed by atoms with van der Waals surface area (Å²) in [5, 5.41) is 3.93. The number of nitrogens with zero attached hydrogens (tertiary/aromatic N) is 3. The molecule has 1 amide bonds. The molecule has 1 aliphatic rings. The number of hydrogen-bond acceptors (Lipinski definition) is 4. The van der Waals surface area contributed by atoms with Gasteiger partial charge in [0, 0.05) is 24.2 Å². The number of anilines is 1. The molecule has 0 saturated carbocycles. The fraction of sp³-hybridized carbons (Fsp3) is 0.211. The van der Waals surface area contributed by atoms with E-state index in [0.717, 1.165) is 11.3 Å². The lowest BCUT2D eigenvalue weighted by molar-refractivity contribution is -0.117. The number of benzene rings is 2. The lowest BCUT2D eigenvalue weighted by Gasteiger charge is -2.16. The van der Waals surface area contributed by atoms with E-state index >= 15 is 0 Å². The first-order valence-corrected chi connectivity index (χ1v) is 8.55. The maximum Gasteiger partial charge on any atom is 0.232 e. The normalized spacial score (nSPS) is 17.1. The zero-order valence-electron chi connectivity index (χ0n) is 13.9. The minimum atomic E-state index is -0.505. The Morgan fingerprint density at radius 3 is 2.73 bits per heavy atom. The number of amides is 1. The maximum absolute atomic E-state index is 13.3. The van der Waals surface area contributed by atoms with Crippen molar-refractivity contribution in [2.24, 2.45) is 0 Å². The van der Waals surface area contributed by atoms with Gasteiger partial charge in [0.05, 0.1) is 10.9 Å². The van der Waals surface area contributed by atoms with Crippen LogP contribution < -0.4 is 4.90 Å². The molecule has 1 unspecified atom stereocenters. The van der Waals surface area contributed by atoms with Crippen LogP contribution in [0.4, 0.5) is 10.1 Å². The van der Waals surface area contributed by atoms with Gasteiger partial charge in [0.2, 0.25) is 17.6 Å². The van der Waals surface area contributed by atoms with Crippen LogP contribution in [0.1, 0.15) is 23.8 Å². The Kier molecular flexibility index (Phi) is 4.20. The predicted molar refractivity (Wildman–Crippen MR) is 95.6 cm³/mol. The minimum absolute atomic E-state index is 0.00422. The number of carbonyl (C=O) groups is 1. The average Bonchev–Trinajstić information content (AvgIpc) is 3.25. The first-order valence-electron chi connectivity index (χ1n) is 8.17. The van der Waals surface area contributed by atoms with Crippen LogP contribution in [0.25, 0.3) is 11.4 Å². The summed E-state index contributed by atoms with van der Waals surface area (Å²) in [5.41, 5.74) is 2.55. The Labute approximate surface area is 154 Å². The first kappa shape index (κ1) is 16.7. The average molecular weight is 372 g/mol. The van der Waals surface area contributed by atoms with Crippen LogP contribution in [-0.2, 0) is 4.79 Å². The smallest absolute Gasteiger partial charge is 0.232 e. The van der Waals surface area contributed by atoms with Gasteiger partial charge in [-0.1, -0.05) is 34.5 Å². The molecule has 0 bridgehead atoms. The summed E-state index contributed by atoms with van der Waals surface area (Å²) in [4.78, 5) is 18.5. The van der Waals surface area contributed by atoms with Gasteiger partial charge in [0.15, 0.2) is 0 Å². The minimum Gasteiger partial charge on any atom is -0.339 e. The summed E-state index contributed by atoms with van der Waals surface area (Å²) in [6, 6.07) is 12.0. The largest absolute Gasteiger partial charge is 0.339 e. The van der Waals surface area contributed by atoms with Crippen LogP contribution in [0.5, 0.6) is 0 Å². The molecule has 3 aromatic rings. The maximum atomic E-state index is 13.3. The van der Waals surface area contributed by atoms with Gasteiger partial charge in [-0.15, -0.1) is 0 Å². The Balaban J connectivity index is 1.55. The Hall–Kier alpha value is -2.73. The van der Waals surface area contributed by atoms with Crippen molar-refractivity contribution in [1.29, 1.82) is 0 Å². The molecule has 132 valence electrons. The van der Waals surface area contributed by atoms with Crippen LogP contribution in [0.15, 0.2) is 47.0 Å². The summed E-state index contributed by atoms with van der Waals surface area (Å²) in [6.07, 6.45) is 0.305. The Morgan fingerprint density at radius 2 is 2.00 bits per heavy atom. The first-order chi connectivity index (χ1) is 12.5. The topological polar surface area (TPSA) is 59.2 Å². The Morgan fingerprint density at radius 1 is 1.23 bits per heavy atom. The summed E-state index contributed by atoms with van der Waals surface area (Å²) < 4.78 is 18.6. The van der Waals surface area contributed by atoms with Gasteiger partial charge in [-0.3, -0.25) is 4.79 Å². The highest BCUT2D eigenvalue weighted by Crippen LogP contribution is 2.32. The van der Waals surface area contributed by atoms with Crippen molar-refractivity contribution >= 4 is 23.2 Å². The third-order valence-electron chi connectivity index (χ3n) is 4.44. The van der Waals surface area contributed by atoms with Crippen LogP contribution in [0, 0.1) is 12.7 Å². The van der Waals surface area contributed by atoms with E-state index in [2.05, 4.69) is 10.1 Å². The standard InChI is InChI=1S/C19H15ClFN3O2/c1-11-2-5-14(6-3-11)24-10-13(9-17(24)25)19-22-18(23-26-19)12-4-7-16(21)15(20)8-12/h2-8,13H,9-10H2,1H3. The summed E-state index contributed by atoms with van der Waals surface area (Å²) in [6.45, 7) is 2.48. The van der Waals surface area contributed by atoms with Crippen molar-refractivity contribution in [1.82, 2.24) is 10.1 Å². The van der Waals surface area contributed by atoms with Crippen LogP contribution in [-0.4, -0.2) is 22.6 Å². The second-order valence-electron chi connectivity index (χ2n) is 6.33. The summed E-state index contributed by atoms with van der Waals surface area (Å²) in [7, 11) is 0. The zero-order valence-corrected chi connectivity index (χ0v) is 14.7. The highest BCUT2D eigenvalue weighted by molar-refractivity contribution is 6.31. The zero-order chi connectivity index (χ0) is 18.3. The van der Waals surface area contributed by atoms with Gasteiger partial charge in [-0.2, -0.15) is 4.98 Å². The van der Waals surface area contributed by atoms with E-state index in [1.165, 1.54) is 18.2 Å². The van der Waals surface area contributed by atoms with Crippen molar-refractivity contribution in [2.45, 2.75) is 19.3 Å². The molecule has 0 aliphatic carbocycles. The van der Waals surface area contributed by atoms with E-state index in [9.17, 15) is 9.18 Å². The molecule has 1 aromatic heterocycles. The molecule has 1 saturated heterocycles. The third-order valence-corrected chi connectivity index (χ3v) is 4.73. The molecule has 2 heterocycles. The molecule has 2 aromatic carbocycles. The molecule has 5 nitrogen and oxygen atoms in total. The second-order valence-corrected chi connectivity index (χ2v) is 6.73. The quantitative estimate of drug-likeness (QED) is 0.686. The highest BCUT2D eigenvalue weighted by atomic mass is 35.5. The third kappa shape index (κ3) is 3.08. The van der Waals surface area contributed by atoms with Gasteiger partial charge >= 0.3 is 0 Å². The van der Waals surface area contributed by atoms with Gasteiger partial charge in [-0.25, -0.2) is 4.39 Å². The van der Waals surface area contributed by atoms with Crippen molar-refractivity contribution in [3.63, 3.8) is 0 Å². The van der Waals surface area contributed by atoms with E-state index < -0.39 is 5.82 Å². The van der Waals surface area contributed by atoms with E-state index in [1.54, 1.807) is 4.90 Å². The van der Waals surface area contributed by atoms with Crippen LogP contribution >= 0.6 is 11.6 Å². The monoisotopic (exact) mass is 371 g/mol. The molecule has 1 atom stereocenters. The lowest BCUT2D eigenvalue weighted by Crippen LogP contribution is -2.24. The lowest BCUT2D eigenvalue weighted by atomic mass is 10.1. The molecule has 1 aliphatic heterocycles. The molecule has 7 heteroatoms. The predicted octanol–water partition coefficient (Wildman–Crippen LogP) is 4.36.